The third-order valence-corrected chi connectivity index (χ3v) is 4.37. The average Bonchev–Trinajstić information content (AvgIpc) is 2.65. The van der Waals surface area contributed by atoms with Crippen LogP contribution in [0.5, 0.6) is 0 Å². The summed E-state index contributed by atoms with van der Waals surface area (Å²) in [6.45, 7) is 2.70. The molecule has 2 atom stereocenters. The number of hydrogen-bond donors (Lipinski definition) is 2. The lowest BCUT2D eigenvalue weighted by molar-refractivity contribution is 0.102. The van der Waals surface area contributed by atoms with Gasteiger partial charge in [-0.2, -0.15) is 0 Å². The van der Waals surface area contributed by atoms with E-state index in [-0.39, 0.29) is 12.0 Å². The molecule has 3 N–H and O–H groups in total. The Bertz CT molecular complexity index is 527. The van der Waals surface area contributed by atoms with Crippen molar-refractivity contribution >= 4 is 0 Å². The van der Waals surface area contributed by atoms with Crippen LogP contribution in [0.1, 0.15) is 37.7 Å². The molecule has 2 unspecified atom stereocenters. The van der Waals surface area contributed by atoms with Gasteiger partial charge in [0.2, 0.25) is 0 Å². The highest BCUT2D eigenvalue weighted by Crippen LogP contribution is 2.24. The Morgan fingerprint density at radius 1 is 1.12 bits per heavy atom. The molecule has 0 heterocycles. The molecule has 0 aromatic heterocycles. The van der Waals surface area contributed by atoms with Gasteiger partial charge in [0.05, 0.1) is 25.1 Å². The minimum atomic E-state index is -0.379. The van der Waals surface area contributed by atoms with Gasteiger partial charge in [-0.1, -0.05) is 42.5 Å². The normalized spacial score (nSPS) is 18.0. The Hall–Kier alpha value is -1.62. The van der Waals surface area contributed by atoms with Gasteiger partial charge >= 0.3 is 0 Å². The summed E-state index contributed by atoms with van der Waals surface area (Å²) in [6.07, 6.45) is 10.2. The van der Waals surface area contributed by atoms with Crippen molar-refractivity contribution in [2.24, 2.45) is 11.7 Å². The van der Waals surface area contributed by atoms with E-state index < -0.39 is 0 Å². The van der Waals surface area contributed by atoms with Crippen molar-refractivity contribution in [1.29, 1.82) is 0 Å². The van der Waals surface area contributed by atoms with Crippen LogP contribution >= 0.6 is 0 Å². The number of hydrogen-bond acceptors (Lipinski definition) is 4. The maximum Gasteiger partial charge on any atom is 0.0966 e. The summed E-state index contributed by atoms with van der Waals surface area (Å²) in [5, 5.41) is 10.0. The van der Waals surface area contributed by atoms with Crippen molar-refractivity contribution in [3.05, 3.63) is 59.9 Å². The van der Waals surface area contributed by atoms with Crippen LogP contribution in [0.2, 0.25) is 0 Å². The molecule has 0 radical (unpaired) electrons. The second-order valence-corrected chi connectivity index (χ2v) is 6.48. The molecule has 1 aliphatic rings. The van der Waals surface area contributed by atoms with Crippen LogP contribution in [0.15, 0.2) is 54.3 Å². The van der Waals surface area contributed by atoms with Crippen molar-refractivity contribution < 1.29 is 14.6 Å². The second-order valence-electron chi connectivity index (χ2n) is 6.48. The predicted molar refractivity (Wildman–Crippen MR) is 101 cm³/mol. The highest BCUT2D eigenvalue weighted by atomic mass is 16.5. The first-order chi connectivity index (χ1) is 12.3. The molecule has 0 fully saturated rings. The van der Waals surface area contributed by atoms with Gasteiger partial charge in [0.1, 0.15) is 0 Å². The van der Waals surface area contributed by atoms with E-state index in [9.17, 15) is 5.11 Å². The third kappa shape index (κ3) is 7.86. The third-order valence-electron chi connectivity index (χ3n) is 4.37. The number of allylic oxidation sites excluding steroid dienone is 3. The van der Waals surface area contributed by atoms with Gasteiger partial charge in [0, 0.05) is 18.9 Å². The summed E-state index contributed by atoms with van der Waals surface area (Å²) in [6, 6.07) is 10.2. The zero-order chi connectivity index (χ0) is 17.7. The van der Waals surface area contributed by atoms with Crippen molar-refractivity contribution in [3.8, 4) is 0 Å². The van der Waals surface area contributed by atoms with Gasteiger partial charge < -0.3 is 20.3 Å². The molecule has 0 spiro atoms. The number of rotatable bonds is 12. The zero-order valence-electron chi connectivity index (χ0n) is 15.0. The van der Waals surface area contributed by atoms with Crippen molar-refractivity contribution in [1.82, 2.24) is 0 Å². The molecule has 2 rings (SSSR count). The van der Waals surface area contributed by atoms with Gasteiger partial charge in [0.15, 0.2) is 0 Å². The maximum atomic E-state index is 10.0. The van der Waals surface area contributed by atoms with E-state index >= 15 is 0 Å². The first-order valence-corrected chi connectivity index (χ1v) is 9.29. The van der Waals surface area contributed by atoms with Crippen molar-refractivity contribution in [2.75, 3.05) is 19.8 Å². The molecule has 4 heteroatoms. The molecule has 0 saturated carbocycles. The molecule has 0 aliphatic heterocycles. The van der Waals surface area contributed by atoms with Gasteiger partial charge in [-0.25, -0.2) is 0 Å². The number of benzene rings is 1. The monoisotopic (exact) mass is 345 g/mol. The molecule has 0 amide bonds. The highest BCUT2D eigenvalue weighted by Gasteiger charge is 2.19. The number of aliphatic hydroxyl groups is 1. The fraction of sp³-hybridized carbons (Fsp3) is 0.524. The fourth-order valence-electron chi connectivity index (χ4n) is 2.88. The summed E-state index contributed by atoms with van der Waals surface area (Å²) in [4.78, 5) is 0. The van der Waals surface area contributed by atoms with E-state index in [1.165, 1.54) is 5.56 Å². The molecule has 4 nitrogen and oxygen atoms in total. The van der Waals surface area contributed by atoms with Crippen LogP contribution in [-0.2, 0) is 16.1 Å². The van der Waals surface area contributed by atoms with E-state index in [0.29, 0.717) is 19.6 Å². The fourth-order valence-corrected chi connectivity index (χ4v) is 2.88. The van der Waals surface area contributed by atoms with E-state index in [1.54, 1.807) is 0 Å². The lowest BCUT2D eigenvalue weighted by Gasteiger charge is -2.23. The van der Waals surface area contributed by atoms with Gasteiger partial charge in [-0.3, -0.25) is 0 Å². The molecule has 1 aromatic rings. The van der Waals surface area contributed by atoms with E-state index in [0.717, 1.165) is 44.7 Å². The average molecular weight is 345 g/mol. The number of unbranched alkanes of at least 4 members (excludes halogenated alkanes) is 2. The molecule has 138 valence electrons. The van der Waals surface area contributed by atoms with Crippen LogP contribution in [0.3, 0.4) is 0 Å². The maximum absolute atomic E-state index is 10.0. The summed E-state index contributed by atoms with van der Waals surface area (Å²) in [7, 11) is 0. The summed E-state index contributed by atoms with van der Waals surface area (Å²) in [5.74, 6) is 1.08. The van der Waals surface area contributed by atoms with Gasteiger partial charge in [0.25, 0.3) is 0 Å². The molecule has 0 bridgehead atoms. The predicted octanol–water partition coefficient (Wildman–Crippen LogP) is 3.56. The summed E-state index contributed by atoms with van der Waals surface area (Å²) < 4.78 is 11.5. The largest absolute Gasteiger partial charge is 0.498 e. The lowest BCUT2D eigenvalue weighted by Crippen LogP contribution is -2.24. The molecular formula is C21H31NO3. The number of ether oxygens (including phenoxy) is 2. The number of aliphatic hydroxyl groups excluding tert-OH is 1. The van der Waals surface area contributed by atoms with E-state index in [4.69, 9.17) is 15.2 Å². The topological polar surface area (TPSA) is 64.7 Å². The zero-order valence-corrected chi connectivity index (χ0v) is 15.0. The highest BCUT2D eigenvalue weighted by molar-refractivity contribution is 5.17. The van der Waals surface area contributed by atoms with Crippen LogP contribution in [0, 0.1) is 5.92 Å². The van der Waals surface area contributed by atoms with Crippen LogP contribution in [0.4, 0.5) is 0 Å². The van der Waals surface area contributed by atoms with Gasteiger partial charge in [-0.15, -0.1) is 0 Å². The van der Waals surface area contributed by atoms with Gasteiger partial charge in [-0.05, 0) is 43.9 Å². The number of nitrogens with two attached hydrogens (primary N) is 1. The van der Waals surface area contributed by atoms with Crippen LogP contribution in [0.25, 0.3) is 0 Å². The molecule has 0 saturated heterocycles. The molecule has 25 heavy (non-hydrogen) atoms. The Morgan fingerprint density at radius 2 is 1.92 bits per heavy atom. The Kier molecular flexibility index (Phi) is 9.34. The minimum Gasteiger partial charge on any atom is -0.498 e. The first kappa shape index (κ1) is 19.7. The smallest absolute Gasteiger partial charge is 0.0966 e. The van der Waals surface area contributed by atoms with Crippen molar-refractivity contribution in [3.63, 3.8) is 0 Å². The Morgan fingerprint density at radius 3 is 2.72 bits per heavy atom. The van der Waals surface area contributed by atoms with E-state index in [1.807, 2.05) is 36.4 Å². The molecule has 1 aromatic carbocycles. The quantitative estimate of drug-likeness (QED) is 0.569. The summed E-state index contributed by atoms with van der Waals surface area (Å²) in [5.41, 5.74) is 6.73. The summed E-state index contributed by atoms with van der Waals surface area (Å²) >= 11 is 0. The minimum absolute atomic E-state index is 0.120. The van der Waals surface area contributed by atoms with Crippen LogP contribution in [-0.4, -0.2) is 31.0 Å². The second kappa shape index (κ2) is 11.9. The van der Waals surface area contributed by atoms with Crippen LogP contribution < -0.4 is 5.73 Å². The molecule has 1 aliphatic carbocycles. The van der Waals surface area contributed by atoms with Crippen molar-refractivity contribution in [2.45, 2.75) is 44.8 Å². The van der Waals surface area contributed by atoms with E-state index in [2.05, 4.69) is 12.1 Å². The lowest BCUT2D eigenvalue weighted by atomic mass is 9.92. The Balaban J connectivity index is 1.49. The molecular weight excluding hydrogens is 314 g/mol. The first-order valence-electron chi connectivity index (χ1n) is 9.29. The Labute approximate surface area is 151 Å². The standard InChI is InChI=1S/C21H31NO3/c22-13-12-21(23)19-10-7-11-20(16-19)25-15-6-2-5-14-24-17-18-8-3-1-4-9-18/h1,3-4,7-11,19,21,23H,2,5-6,12-17,22H2. The SMILES string of the molecule is NCCC(O)C1C=CC=C(OCCCCCOCc2ccccc2)C1.